The minimum absolute atomic E-state index is 0.145. The zero-order chi connectivity index (χ0) is 15.0. The van der Waals surface area contributed by atoms with Crippen molar-refractivity contribution in [2.24, 2.45) is 0 Å². The smallest absolute Gasteiger partial charge is 0.317 e. The zero-order valence-corrected chi connectivity index (χ0v) is 13.6. The SMILES string of the molecule is CCOP(=O)(NC(=S)Nc1ccc(CC)cn1)OCC. The quantitative estimate of drug-likeness (QED) is 0.591. The summed E-state index contributed by atoms with van der Waals surface area (Å²) in [4.78, 5) is 4.20. The summed E-state index contributed by atoms with van der Waals surface area (Å²) < 4.78 is 22.4. The third-order valence-corrected chi connectivity index (χ3v) is 4.36. The first-order valence-corrected chi connectivity index (χ1v) is 8.41. The van der Waals surface area contributed by atoms with Crippen molar-refractivity contribution in [3.05, 3.63) is 23.9 Å². The van der Waals surface area contributed by atoms with Crippen molar-refractivity contribution in [2.75, 3.05) is 18.5 Å². The van der Waals surface area contributed by atoms with Gasteiger partial charge in [0.25, 0.3) is 0 Å². The Labute approximate surface area is 124 Å². The van der Waals surface area contributed by atoms with E-state index in [4.69, 9.17) is 21.3 Å². The van der Waals surface area contributed by atoms with Crippen LogP contribution in [0.2, 0.25) is 0 Å². The molecule has 0 atom stereocenters. The highest BCUT2D eigenvalue weighted by Crippen LogP contribution is 2.43. The first-order valence-electron chi connectivity index (χ1n) is 6.46. The number of thiocarbonyl (C=S) groups is 1. The fraction of sp³-hybridized carbons (Fsp3) is 0.500. The molecule has 0 saturated heterocycles. The summed E-state index contributed by atoms with van der Waals surface area (Å²) in [5.74, 6) is 0.569. The second-order valence-corrected chi connectivity index (χ2v) is 5.95. The molecule has 0 aliphatic heterocycles. The van der Waals surface area contributed by atoms with Crippen molar-refractivity contribution in [3.8, 4) is 0 Å². The number of aryl methyl sites for hydroxylation is 1. The Morgan fingerprint density at radius 1 is 1.30 bits per heavy atom. The molecule has 8 heteroatoms. The Hall–Kier alpha value is -1.01. The molecule has 0 aliphatic rings. The van der Waals surface area contributed by atoms with Crippen molar-refractivity contribution >= 4 is 30.9 Å². The first kappa shape index (κ1) is 17.0. The van der Waals surface area contributed by atoms with Crippen molar-refractivity contribution in [1.29, 1.82) is 0 Å². The van der Waals surface area contributed by atoms with Crippen LogP contribution in [0.3, 0.4) is 0 Å². The molecule has 2 N–H and O–H groups in total. The van der Waals surface area contributed by atoms with E-state index in [0.29, 0.717) is 5.82 Å². The highest BCUT2D eigenvalue weighted by molar-refractivity contribution is 7.81. The van der Waals surface area contributed by atoms with E-state index in [0.717, 1.165) is 12.0 Å². The van der Waals surface area contributed by atoms with E-state index in [-0.39, 0.29) is 18.3 Å². The van der Waals surface area contributed by atoms with E-state index in [2.05, 4.69) is 22.3 Å². The van der Waals surface area contributed by atoms with Crippen LogP contribution in [0.5, 0.6) is 0 Å². The average Bonchev–Trinajstić information content (AvgIpc) is 2.39. The average molecular weight is 317 g/mol. The van der Waals surface area contributed by atoms with Gasteiger partial charge in [-0.25, -0.2) is 9.55 Å². The van der Waals surface area contributed by atoms with E-state index in [1.165, 1.54) is 0 Å². The molecule has 6 nitrogen and oxygen atoms in total. The van der Waals surface area contributed by atoms with E-state index < -0.39 is 7.75 Å². The van der Waals surface area contributed by atoms with Crippen LogP contribution in [0.1, 0.15) is 26.3 Å². The maximum absolute atomic E-state index is 12.2. The number of hydrogen-bond acceptors (Lipinski definition) is 5. The fourth-order valence-corrected chi connectivity index (χ4v) is 3.05. The Bertz CT molecular complexity index is 471. The van der Waals surface area contributed by atoms with Gasteiger partial charge in [-0.05, 0) is 44.1 Å². The Morgan fingerprint density at radius 2 is 1.95 bits per heavy atom. The molecule has 0 bridgehead atoms. The molecule has 0 aromatic carbocycles. The van der Waals surface area contributed by atoms with Gasteiger partial charge >= 0.3 is 7.75 Å². The van der Waals surface area contributed by atoms with Crippen LogP contribution in [0.15, 0.2) is 18.3 Å². The lowest BCUT2D eigenvalue weighted by Gasteiger charge is -2.19. The van der Waals surface area contributed by atoms with Crippen molar-refractivity contribution in [3.63, 3.8) is 0 Å². The van der Waals surface area contributed by atoms with E-state index >= 15 is 0 Å². The molecule has 0 saturated carbocycles. The maximum atomic E-state index is 12.2. The summed E-state index contributed by atoms with van der Waals surface area (Å²) in [7, 11) is -3.41. The highest BCUT2D eigenvalue weighted by atomic mass is 32.1. The summed E-state index contributed by atoms with van der Waals surface area (Å²) >= 11 is 5.08. The number of nitrogens with zero attached hydrogens (tertiary/aromatic N) is 1. The highest BCUT2D eigenvalue weighted by Gasteiger charge is 2.24. The van der Waals surface area contributed by atoms with Gasteiger partial charge in [-0.2, -0.15) is 0 Å². The monoisotopic (exact) mass is 317 g/mol. The molecule has 0 unspecified atom stereocenters. The normalized spacial score (nSPS) is 11.2. The Morgan fingerprint density at radius 3 is 2.40 bits per heavy atom. The minimum Gasteiger partial charge on any atom is -0.317 e. The largest absolute Gasteiger partial charge is 0.434 e. The molecule has 0 aliphatic carbocycles. The molecule has 1 aromatic rings. The summed E-state index contributed by atoms with van der Waals surface area (Å²) in [6, 6.07) is 3.75. The Balaban J connectivity index is 2.62. The van der Waals surface area contributed by atoms with E-state index in [9.17, 15) is 4.57 Å². The second kappa shape index (κ2) is 8.32. The standard InChI is InChI=1S/C12H20N3O3PS/c1-4-10-7-8-11(13-9-10)14-12(20)15-19(16,17-5-2)18-6-3/h7-9H,4-6H2,1-3H3,(H2,13,14,15,16,20). The molecular formula is C12H20N3O3PS. The summed E-state index contributed by atoms with van der Waals surface area (Å²) in [6.45, 7) is 6.03. The number of hydrogen-bond donors (Lipinski definition) is 2. The molecule has 0 radical (unpaired) electrons. The third-order valence-electron chi connectivity index (χ3n) is 2.31. The van der Waals surface area contributed by atoms with Crippen molar-refractivity contribution in [1.82, 2.24) is 10.1 Å². The van der Waals surface area contributed by atoms with Crippen LogP contribution in [0.25, 0.3) is 0 Å². The Kier molecular flexibility index (Phi) is 7.09. The van der Waals surface area contributed by atoms with Gasteiger partial charge in [0.2, 0.25) is 0 Å². The molecule has 0 spiro atoms. The van der Waals surface area contributed by atoms with Crippen molar-refractivity contribution in [2.45, 2.75) is 27.2 Å². The number of pyridine rings is 1. The molecule has 112 valence electrons. The summed E-state index contributed by atoms with van der Waals surface area (Å²) in [5.41, 5.74) is 1.13. The first-order chi connectivity index (χ1) is 9.53. The van der Waals surface area contributed by atoms with E-state index in [1.807, 2.05) is 6.07 Å². The molecule has 1 heterocycles. The van der Waals surface area contributed by atoms with Crippen LogP contribution in [0.4, 0.5) is 5.82 Å². The molecule has 1 aromatic heterocycles. The maximum Gasteiger partial charge on any atom is 0.434 e. The topological polar surface area (TPSA) is 72.5 Å². The molecule has 0 fully saturated rings. The van der Waals surface area contributed by atoms with Gasteiger partial charge in [0.05, 0.1) is 13.2 Å². The van der Waals surface area contributed by atoms with Crippen LogP contribution < -0.4 is 10.4 Å². The number of aromatic nitrogens is 1. The van der Waals surface area contributed by atoms with Gasteiger partial charge in [-0.3, -0.25) is 14.1 Å². The van der Waals surface area contributed by atoms with Gasteiger partial charge in [0, 0.05) is 6.20 Å². The fourth-order valence-electron chi connectivity index (χ4n) is 1.42. The lowest BCUT2D eigenvalue weighted by atomic mass is 10.2. The molecular weight excluding hydrogens is 297 g/mol. The van der Waals surface area contributed by atoms with Crippen LogP contribution in [0, 0.1) is 0 Å². The lowest BCUT2D eigenvalue weighted by molar-refractivity contribution is 0.216. The lowest BCUT2D eigenvalue weighted by Crippen LogP contribution is -2.28. The van der Waals surface area contributed by atoms with Gasteiger partial charge in [-0.15, -0.1) is 0 Å². The predicted molar refractivity (Wildman–Crippen MR) is 83.8 cm³/mol. The third kappa shape index (κ3) is 5.54. The van der Waals surface area contributed by atoms with Gasteiger partial charge in [0.15, 0.2) is 5.11 Å². The number of nitrogens with one attached hydrogen (secondary N) is 2. The van der Waals surface area contributed by atoms with Gasteiger partial charge in [0.1, 0.15) is 5.82 Å². The van der Waals surface area contributed by atoms with Gasteiger partial charge < -0.3 is 5.32 Å². The van der Waals surface area contributed by atoms with Crippen LogP contribution >= 0.6 is 20.0 Å². The molecule has 0 amide bonds. The molecule has 1 rings (SSSR count). The summed E-state index contributed by atoms with van der Waals surface area (Å²) in [5, 5.41) is 5.55. The van der Waals surface area contributed by atoms with Gasteiger partial charge in [-0.1, -0.05) is 13.0 Å². The van der Waals surface area contributed by atoms with Crippen LogP contribution in [-0.4, -0.2) is 23.3 Å². The minimum atomic E-state index is -3.41. The van der Waals surface area contributed by atoms with Crippen LogP contribution in [-0.2, 0) is 20.0 Å². The summed E-state index contributed by atoms with van der Waals surface area (Å²) in [6.07, 6.45) is 2.68. The molecule has 20 heavy (non-hydrogen) atoms. The number of rotatable bonds is 7. The number of anilines is 1. The zero-order valence-electron chi connectivity index (χ0n) is 11.9. The second-order valence-electron chi connectivity index (χ2n) is 3.80. The van der Waals surface area contributed by atoms with E-state index in [1.54, 1.807) is 26.1 Å². The van der Waals surface area contributed by atoms with Crippen molar-refractivity contribution < 1.29 is 13.6 Å². The predicted octanol–water partition coefficient (Wildman–Crippen LogP) is 3.11.